The first kappa shape index (κ1) is 24.4. The molecule has 2 aromatic rings. The zero-order chi connectivity index (χ0) is 22.6. The number of alkyl halides is 1. The molecule has 2 aromatic carbocycles. The minimum absolute atomic E-state index is 0.101. The molecule has 2 N–H and O–H groups in total. The Morgan fingerprint density at radius 3 is 2.00 bits per heavy atom. The molecular formula is C24H29ClN2O4. The Labute approximate surface area is 188 Å². The Morgan fingerprint density at radius 1 is 0.871 bits per heavy atom. The minimum atomic E-state index is -0.829. The zero-order valence-electron chi connectivity index (χ0n) is 17.8. The highest BCUT2D eigenvalue weighted by Crippen LogP contribution is 2.09. The van der Waals surface area contributed by atoms with Crippen LogP contribution in [0.2, 0.25) is 0 Å². The second kappa shape index (κ2) is 12.7. The Balaban J connectivity index is 2.01. The number of benzene rings is 2. The van der Waals surface area contributed by atoms with Gasteiger partial charge in [0.25, 0.3) is 0 Å². The van der Waals surface area contributed by atoms with Gasteiger partial charge >= 0.3 is 6.09 Å². The number of ether oxygens (including phenoxy) is 1. The molecule has 0 spiro atoms. The predicted molar refractivity (Wildman–Crippen MR) is 121 cm³/mol. The second-order valence-electron chi connectivity index (χ2n) is 7.74. The number of carbonyl (C=O) groups is 3. The third-order valence-corrected chi connectivity index (χ3v) is 4.91. The lowest BCUT2D eigenvalue weighted by Gasteiger charge is -2.23. The topological polar surface area (TPSA) is 84.5 Å². The molecule has 0 aromatic heterocycles. The highest BCUT2D eigenvalue weighted by Gasteiger charge is 2.27. The van der Waals surface area contributed by atoms with Crippen LogP contribution in [0.15, 0.2) is 60.7 Å². The molecule has 31 heavy (non-hydrogen) atoms. The molecule has 0 aliphatic rings. The molecule has 7 heteroatoms. The number of Topliss-reactive ketones (excluding diaryl/α,β-unsaturated/α-hetero) is 1. The fourth-order valence-electron chi connectivity index (χ4n) is 3.07. The van der Waals surface area contributed by atoms with E-state index >= 15 is 0 Å². The Morgan fingerprint density at radius 2 is 1.45 bits per heavy atom. The van der Waals surface area contributed by atoms with Gasteiger partial charge in [-0.1, -0.05) is 74.5 Å². The number of carbonyl (C=O) groups excluding carboxylic acids is 3. The van der Waals surface area contributed by atoms with E-state index in [1.807, 2.05) is 74.5 Å². The van der Waals surface area contributed by atoms with Gasteiger partial charge in [0.1, 0.15) is 12.6 Å². The van der Waals surface area contributed by atoms with Gasteiger partial charge in [0, 0.05) is 0 Å². The van der Waals surface area contributed by atoms with Gasteiger partial charge in [0.15, 0.2) is 5.78 Å². The van der Waals surface area contributed by atoms with Crippen LogP contribution in [0.3, 0.4) is 0 Å². The monoisotopic (exact) mass is 444 g/mol. The fourth-order valence-corrected chi connectivity index (χ4v) is 3.26. The minimum Gasteiger partial charge on any atom is -0.445 e. The van der Waals surface area contributed by atoms with E-state index in [0.29, 0.717) is 12.8 Å². The van der Waals surface area contributed by atoms with E-state index in [9.17, 15) is 14.4 Å². The van der Waals surface area contributed by atoms with Crippen molar-refractivity contribution in [1.29, 1.82) is 0 Å². The molecule has 0 radical (unpaired) electrons. The fraction of sp³-hybridized carbons (Fsp3) is 0.375. The number of hydrogen-bond donors (Lipinski definition) is 2. The molecule has 2 amide bonds. The van der Waals surface area contributed by atoms with Crippen LogP contribution in [-0.4, -0.2) is 35.7 Å². The number of alkyl carbamates (subject to hydrolysis) is 1. The van der Waals surface area contributed by atoms with E-state index in [4.69, 9.17) is 16.3 Å². The number of amides is 2. The van der Waals surface area contributed by atoms with E-state index in [2.05, 4.69) is 10.6 Å². The van der Waals surface area contributed by atoms with Crippen molar-refractivity contribution in [3.8, 4) is 0 Å². The molecule has 166 valence electrons. The van der Waals surface area contributed by atoms with Crippen LogP contribution in [0.1, 0.15) is 31.4 Å². The van der Waals surface area contributed by atoms with Crippen molar-refractivity contribution >= 4 is 29.4 Å². The summed E-state index contributed by atoms with van der Waals surface area (Å²) >= 11 is 5.75. The van der Waals surface area contributed by atoms with Crippen molar-refractivity contribution in [3.63, 3.8) is 0 Å². The molecule has 0 fully saturated rings. The first-order valence-corrected chi connectivity index (χ1v) is 10.8. The van der Waals surface area contributed by atoms with Gasteiger partial charge < -0.3 is 15.4 Å². The van der Waals surface area contributed by atoms with Crippen LogP contribution in [-0.2, 0) is 27.4 Å². The molecule has 6 nitrogen and oxygen atoms in total. The van der Waals surface area contributed by atoms with Gasteiger partial charge in [0.05, 0.1) is 11.9 Å². The van der Waals surface area contributed by atoms with E-state index in [1.54, 1.807) is 0 Å². The Bertz CT molecular complexity index is 843. The van der Waals surface area contributed by atoms with Crippen LogP contribution < -0.4 is 10.6 Å². The molecular weight excluding hydrogens is 416 g/mol. The molecule has 0 aliphatic carbocycles. The van der Waals surface area contributed by atoms with Crippen molar-refractivity contribution in [2.24, 2.45) is 5.92 Å². The van der Waals surface area contributed by atoms with Gasteiger partial charge in [-0.2, -0.15) is 0 Å². The standard InChI is InChI=1S/C24H29ClN2O4/c1-17(2)13-21(27-24(30)31-16-19-11-7-4-8-12-19)23(29)26-20(22(28)15-25)14-18-9-5-3-6-10-18/h3-12,17,20-21H,13-16H2,1-2H3,(H,26,29)(H,27,30)/t20-,21-/m0/s1. The molecule has 0 heterocycles. The number of rotatable bonds is 11. The maximum absolute atomic E-state index is 12.9. The molecule has 0 unspecified atom stereocenters. The van der Waals surface area contributed by atoms with Crippen LogP contribution in [0.25, 0.3) is 0 Å². The summed E-state index contributed by atoms with van der Waals surface area (Å²) in [6.07, 6.45) is 0.0395. The average Bonchev–Trinajstić information content (AvgIpc) is 2.77. The number of hydrogen-bond acceptors (Lipinski definition) is 4. The molecule has 0 saturated heterocycles. The van der Waals surface area contributed by atoms with Crippen molar-refractivity contribution in [2.75, 3.05) is 5.88 Å². The summed E-state index contributed by atoms with van der Waals surface area (Å²) in [5.41, 5.74) is 1.75. The van der Waals surface area contributed by atoms with E-state index < -0.39 is 24.1 Å². The van der Waals surface area contributed by atoms with Gasteiger partial charge in [-0.05, 0) is 29.9 Å². The van der Waals surface area contributed by atoms with Crippen molar-refractivity contribution in [2.45, 2.75) is 45.4 Å². The molecule has 2 rings (SSSR count). The van der Waals surface area contributed by atoms with Crippen LogP contribution >= 0.6 is 11.6 Å². The largest absolute Gasteiger partial charge is 0.445 e. The van der Waals surface area contributed by atoms with Crippen molar-refractivity contribution in [1.82, 2.24) is 10.6 Å². The lowest BCUT2D eigenvalue weighted by molar-refractivity contribution is -0.128. The highest BCUT2D eigenvalue weighted by atomic mass is 35.5. The summed E-state index contributed by atoms with van der Waals surface area (Å²) in [6, 6.07) is 17.0. The number of halogens is 1. The first-order valence-electron chi connectivity index (χ1n) is 10.3. The zero-order valence-corrected chi connectivity index (χ0v) is 18.6. The Hall–Kier alpha value is -2.86. The van der Waals surface area contributed by atoms with Gasteiger partial charge in [-0.3, -0.25) is 9.59 Å². The van der Waals surface area contributed by atoms with Gasteiger partial charge in [0.2, 0.25) is 5.91 Å². The first-order chi connectivity index (χ1) is 14.9. The molecule has 0 bridgehead atoms. The van der Waals surface area contributed by atoms with Crippen LogP contribution in [0.4, 0.5) is 4.79 Å². The SMILES string of the molecule is CC(C)C[C@H](NC(=O)OCc1ccccc1)C(=O)N[C@@H](Cc1ccccc1)C(=O)CCl. The van der Waals surface area contributed by atoms with Crippen molar-refractivity contribution < 1.29 is 19.1 Å². The van der Waals surface area contributed by atoms with Gasteiger partial charge in [-0.25, -0.2) is 4.79 Å². The summed E-state index contributed by atoms with van der Waals surface area (Å²) in [5, 5.41) is 5.38. The van der Waals surface area contributed by atoms with Gasteiger partial charge in [-0.15, -0.1) is 11.6 Å². The predicted octanol–water partition coefficient (Wildman–Crippen LogP) is 3.86. The van der Waals surface area contributed by atoms with Crippen LogP contribution in [0.5, 0.6) is 0 Å². The summed E-state index contributed by atoms with van der Waals surface area (Å²) in [7, 11) is 0. The summed E-state index contributed by atoms with van der Waals surface area (Å²) in [5.74, 6) is -0.792. The maximum Gasteiger partial charge on any atom is 0.408 e. The Kier molecular flexibility index (Phi) is 10.0. The lowest BCUT2D eigenvalue weighted by Crippen LogP contribution is -2.53. The summed E-state index contributed by atoms with van der Waals surface area (Å²) in [6.45, 7) is 4.00. The quantitative estimate of drug-likeness (QED) is 0.515. The van der Waals surface area contributed by atoms with E-state index in [-0.39, 0.29) is 24.2 Å². The van der Waals surface area contributed by atoms with Crippen molar-refractivity contribution in [3.05, 3.63) is 71.8 Å². The van der Waals surface area contributed by atoms with E-state index in [0.717, 1.165) is 11.1 Å². The number of nitrogens with one attached hydrogen (secondary N) is 2. The highest BCUT2D eigenvalue weighted by molar-refractivity contribution is 6.28. The average molecular weight is 445 g/mol. The second-order valence-corrected chi connectivity index (χ2v) is 8.01. The summed E-state index contributed by atoms with van der Waals surface area (Å²) in [4.78, 5) is 37.5. The molecule has 0 saturated carbocycles. The summed E-state index contributed by atoms with van der Waals surface area (Å²) < 4.78 is 5.24. The number of ketones is 1. The lowest BCUT2D eigenvalue weighted by atomic mass is 10.00. The molecule has 2 atom stereocenters. The smallest absolute Gasteiger partial charge is 0.408 e. The normalized spacial score (nSPS) is 12.6. The third kappa shape index (κ3) is 8.80. The maximum atomic E-state index is 12.9. The third-order valence-electron chi connectivity index (χ3n) is 4.65. The van der Waals surface area contributed by atoms with E-state index in [1.165, 1.54) is 0 Å². The van der Waals surface area contributed by atoms with Crippen LogP contribution in [0, 0.1) is 5.92 Å². The molecule has 0 aliphatic heterocycles.